The lowest BCUT2D eigenvalue weighted by Gasteiger charge is -2.43. The number of alkyl halides is 6. The van der Waals surface area contributed by atoms with Crippen LogP contribution in [0.3, 0.4) is 0 Å². The minimum Gasteiger partial charge on any atom is -0.285 e. The first-order valence-electron chi connectivity index (χ1n) is 10.6. The number of hydrogen-bond donors (Lipinski definition) is 0. The van der Waals surface area contributed by atoms with Gasteiger partial charge < -0.3 is 0 Å². The van der Waals surface area contributed by atoms with E-state index < -0.39 is 24.0 Å². The smallest absolute Gasteiger partial charge is 0.285 e. The van der Waals surface area contributed by atoms with Gasteiger partial charge in [0.15, 0.2) is 0 Å². The Bertz CT molecular complexity index is 854. The van der Waals surface area contributed by atoms with E-state index in [-0.39, 0.29) is 18.4 Å². The van der Waals surface area contributed by atoms with Crippen molar-refractivity contribution in [1.29, 1.82) is 0 Å². The molecule has 2 atom stereocenters. The van der Waals surface area contributed by atoms with Crippen LogP contribution < -0.4 is 0 Å². The van der Waals surface area contributed by atoms with Crippen LogP contribution in [0.5, 0.6) is 0 Å². The van der Waals surface area contributed by atoms with E-state index in [2.05, 4.69) is 0 Å². The van der Waals surface area contributed by atoms with Crippen LogP contribution in [-0.4, -0.2) is 23.7 Å². The molecule has 1 aliphatic rings. The summed E-state index contributed by atoms with van der Waals surface area (Å²) >= 11 is 0. The summed E-state index contributed by atoms with van der Waals surface area (Å²) in [7, 11) is 0. The summed E-state index contributed by atoms with van der Waals surface area (Å²) in [6.45, 7) is 4.34. The summed E-state index contributed by atoms with van der Waals surface area (Å²) in [4.78, 5) is 1.58. The number of nitrogens with zero attached hydrogens (tertiary/aromatic N) is 1. The molecule has 1 aliphatic heterocycles. The largest absolute Gasteiger partial charge is 0.416 e. The highest BCUT2D eigenvalue weighted by Crippen LogP contribution is 2.42. The molecule has 1 fully saturated rings. The minimum atomic E-state index is -4.41. The fourth-order valence-electron chi connectivity index (χ4n) is 4.26. The zero-order valence-corrected chi connectivity index (χ0v) is 17.6. The highest BCUT2D eigenvalue weighted by atomic mass is 19.4. The SMILES string of the molecule is CC(C)CCN1C(c2cccc(-c3ccc(C(F)(F)F)cc3)c2)CCCC1C(F)(F)F. The van der Waals surface area contributed by atoms with Crippen molar-refractivity contribution in [3.05, 3.63) is 59.7 Å². The van der Waals surface area contributed by atoms with Crippen LogP contribution in [-0.2, 0) is 6.18 Å². The first kappa shape index (κ1) is 23.6. The summed E-state index contributed by atoms with van der Waals surface area (Å²) in [6, 6.07) is 10.2. The zero-order valence-electron chi connectivity index (χ0n) is 17.6. The lowest BCUT2D eigenvalue weighted by atomic mass is 9.88. The average molecular weight is 443 g/mol. The van der Waals surface area contributed by atoms with Gasteiger partial charge in [-0.3, -0.25) is 4.90 Å². The fourth-order valence-corrected chi connectivity index (χ4v) is 4.26. The van der Waals surface area contributed by atoms with Gasteiger partial charge in [-0.15, -0.1) is 0 Å². The molecule has 1 saturated heterocycles. The number of likely N-dealkylation sites (tertiary alicyclic amines) is 1. The molecule has 0 N–H and O–H groups in total. The highest BCUT2D eigenvalue weighted by molar-refractivity contribution is 5.64. The maximum atomic E-state index is 13.7. The van der Waals surface area contributed by atoms with Gasteiger partial charge in [-0.05, 0) is 73.0 Å². The number of piperidine rings is 1. The lowest BCUT2D eigenvalue weighted by Crippen LogP contribution is -2.50. The Kier molecular flexibility index (Phi) is 7.04. The third kappa shape index (κ3) is 5.82. The van der Waals surface area contributed by atoms with Crippen molar-refractivity contribution < 1.29 is 26.3 Å². The van der Waals surface area contributed by atoms with Gasteiger partial charge >= 0.3 is 12.4 Å². The Morgan fingerprint density at radius 3 is 2.16 bits per heavy atom. The van der Waals surface area contributed by atoms with Gasteiger partial charge in [0.05, 0.1) is 5.56 Å². The normalized spacial score (nSPS) is 20.9. The molecule has 0 aromatic heterocycles. The molecule has 170 valence electrons. The van der Waals surface area contributed by atoms with Crippen molar-refractivity contribution in [3.8, 4) is 11.1 Å². The third-order valence-electron chi connectivity index (χ3n) is 5.92. The second-order valence-corrected chi connectivity index (χ2v) is 8.63. The first-order chi connectivity index (χ1) is 14.5. The average Bonchev–Trinajstić information content (AvgIpc) is 2.71. The molecule has 3 rings (SSSR count). The molecule has 0 radical (unpaired) electrons. The van der Waals surface area contributed by atoms with Crippen LogP contribution in [0.1, 0.15) is 56.7 Å². The summed E-state index contributed by atoms with van der Waals surface area (Å²) in [5, 5.41) is 0. The molecular weight excluding hydrogens is 416 g/mol. The van der Waals surface area contributed by atoms with Crippen LogP contribution in [0.15, 0.2) is 48.5 Å². The summed E-state index contributed by atoms with van der Waals surface area (Å²) in [5.74, 6) is 0.287. The van der Waals surface area contributed by atoms with Crippen LogP contribution in [0, 0.1) is 5.92 Å². The molecule has 1 nitrogen and oxygen atoms in total. The Hall–Kier alpha value is -2.02. The number of hydrogen-bond acceptors (Lipinski definition) is 1. The molecule has 0 spiro atoms. The summed E-state index contributed by atoms with van der Waals surface area (Å²) in [6.07, 6.45) is -6.83. The van der Waals surface area contributed by atoms with E-state index in [1.807, 2.05) is 26.0 Å². The molecule has 0 saturated carbocycles. The Balaban J connectivity index is 1.91. The summed E-state index contributed by atoms with van der Waals surface area (Å²) < 4.78 is 79.8. The third-order valence-corrected chi connectivity index (χ3v) is 5.92. The molecule has 2 aromatic rings. The second-order valence-electron chi connectivity index (χ2n) is 8.63. The fraction of sp³-hybridized carbons (Fsp3) is 0.500. The van der Waals surface area contributed by atoms with Crippen molar-refractivity contribution in [1.82, 2.24) is 4.90 Å². The number of rotatable bonds is 5. The quantitative estimate of drug-likeness (QED) is 0.425. The molecule has 31 heavy (non-hydrogen) atoms. The molecule has 1 heterocycles. The lowest BCUT2D eigenvalue weighted by molar-refractivity contribution is -0.200. The number of benzene rings is 2. The Morgan fingerprint density at radius 2 is 1.58 bits per heavy atom. The number of halogens is 6. The van der Waals surface area contributed by atoms with Crippen LogP contribution in [0.4, 0.5) is 26.3 Å². The molecule has 0 bridgehead atoms. The first-order valence-corrected chi connectivity index (χ1v) is 10.6. The summed E-state index contributed by atoms with van der Waals surface area (Å²) in [5.41, 5.74) is 1.35. The Labute approximate surface area is 179 Å². The van der Waals surface area contributed by atoms with E-state index in [1.54, 1.807) is 17.0 Å². The van der Waals surface area contributed by atoms with Crippen molar-refractivity contribution in [3.63, 3.8) is 0 Å². The van der Waals surface area contributed by atoms with Crippen molar-refractivity contribution >= 4 is 0 Å². The van der Waals surface area contributed by atoms with Crippen molar-refractivity contribution in [2.24, 2.45) is 5.92 Å². The molecular formula is C24H27F6N. The monoisotopic (exact) mass is 443 g/mol. The predicted molar refractivity (Wildman–Crippen MR) is 109 cm³/mol. The predicted octanol–water partition coefficient (Wildman–Crippen LogP) is 7.88. The minimum absolute atomic E-state index is 0.0939. The molecule has 0 aliphatic carbocycles. The van der Waals surface area contributed by atoms with E-state index in [4.69, 9.17) is 0 Å². The van der Waals surface area contributed by atoms with E-state index in [0.29, 0.717) is 36.9 Å². The van der Waals surface area contributed by atoms with E-state index in [0.717, 1.165) is 17.7 Å². The van der Waals surface area contributed by atoms with Crippen LogP contribution >= 0.6 is 0 Å². The van der Waals surface area contributed by atoms with Crippen LogP contribution in [0.25, 0.3) is 11.1 Å². The standard InChI is InChI=1S/C24H27F6N/c1-16(2)13-14-31-21(7-4-8-22(31)24(28,29)30)19-6-3-5-18(15-19)17-9-11-20(12-10-17)23(25,26)27/h3,5-6,9-12,15-16,21-22H,4,7-8,13-14H2,1-2H3. The highest BCUT2D eigenvalue weighted by Gasteiger charge is 2.47. The van der Waals surface area contributed by atoms with Gasteiger partial charge in [0.25, 0.3) is 0 Å². The van der Waals surface area contributed by atoms with Gasteiger partial charge in [0, 0.05) is 6.04 Å². The van der Waals surface area contributed by atoms with Crippen molar-refractivity contribution in [2.75, 3.05) is 6.54 Å². The zero-order chi connectivity index (χ0) is 22.8. The molecule has 7 heteroatoms. The Morgan fingerprint density at radius 1 is 0.903 bits per heavy atom. The second kappa shape index (κ2) is 9.23. The van der Waals surface area contributed by atoms with Gasteiger partial charge in [0.1, 0.15) is 6.04 Å². The van der Waals surface area contributed by atoms with Crippen molar-refractivity contribution in [2.45, 2.75) is 64.0 Å². The topological polar surface area (TPSA) is 3.24 Å². The van der Waals surface area contributed by atoms with Gasteiger partial charge in [-0.25, -0.2) is 0 Å². The van der Waals surface area contributed by atoms with Gasteiger partial charge in [0.2, 0.25) is 0 Å². The van der Waals surface area contributed by atoms with E-state index in [9.17, 15) is 26.3 Å². The van der Waals surface area contributed by atoms with Gasteiger partial charge in [-0.1, -0.05) is 44.2 Å². The van der Waals surface area contributed by atoms with E-state index in [1.165, 1.54) is 12.1 Å². The maximum absolute atomic E-state index is 13.7. The maximum Gasteiger partial charge on any atom is 0.416 e. The molecule has 2 unspecified atom stereocenters. The van der Waals surface area contributed by atoms with Gasteiger partial charge in [-0.2, -0.15) is 26.3 Å². The van der Waals surface area contributed by atoms with Crippen LogP contribution in [0.2, 0.25) is 0 Å². The molecule has 0 amide bonds. The molecule has 2 aromatic carbocycles. The van der Waals surface area contributed by atoms with E-state index >= 15 is 0 Å².